The zero-order valence-corrected chi connectivity index (χ0v) is 10.7. The molecule has 0 unspecified atom stereocenters. The Bertz CT molecular complexity index is 477. The van der Waals surface area contributed by atoms with Crippen molar-refractivity contribution in [3.8, 4) is 0 Å². The molecule has 0 radical (unpaired) electrons. The van der Waals surface area contributed by atoms with E-state index >= 15 is 0 Å². The lowest BCUT2D eigenvalue weighted by atomic mass is 10.2. The molecule has 90 valence electrons. The number of nitrogens with one attached hydrogen (secondary N) is 1. The topological polar surface area (TPSA) is 17.0 Å². The van der Waals surface area contributed by atoms with Gasteiger partial charge in [0.25, 0.3) is 0 Å². The minimum Gasteiger partial charge on any atom is -0.346 e. The molecule has 1 aromatic carbocycles. The van der Waals surface area contributed by atoms with Gasteiger partial charge in [0.1, 0.15) is 0 Å². The summed E-state index contributed by atoms with van der Waals surface area (Å²) in [5.41, 5.74) is 2.53. The summed E-state index contributed by atoms with van der Waals surface area (Å²) in [7, 11) is 0. The van der Waals surface area contributed by atoms with Gasteiger partial charge in [-0.3, -0.25) is 0 Å². The summed E-state index contributed by atoms with van der Waals surface area (Å²) in [5, 5.41) is 4.14. The summed E-state index contributed by atoms with van der Waals surface area (Å²) in [4.78, 5) is 0. The quantitative estimate of drug-likeness (QED) is 0.859. The number of aromatic nitrogens is 1. The second-order valence-electron chi connectivity index (χ2n) is 4.04. The van der Waals surface area contributed by atoms with Crippen LogP contribution in [-0.4, -0.2) is 11.1 Å². The summed E-state index contributed by atoms with van der Waals surface area (Å²) in [6.07, 6.45) is 2.10. The fourth-order valence-corrected chi connectivity index (χ4v) is 2.06. The predicted octanol–water partition coefficient (Wildman–Crippen LogP) is 3.30. The van der Waals surface area contributed by atoms with E-state index in [1.54, 1.807) is 0 Å². The van der Waals surface area contributed by atoms with Crippen molar-refractivity contribution in [3.05, 3.63) is 58.9 Å². The standard InChI is InChI=1S/C14H17ClN2/c1-2-16-10-14-7-4-8-17(14)11-12-5-3-6-13(15)9-12/h3-9,16H,2,10-11H2,1H3. The maximum atomic E-state index is 5.99. The van der Waals surface area contributed by atoms with Crippen molar-refractivity contribution in [1.29, 1.82) is 0 Å². The van der Waals surface area contributed by atoms with E-state index in [0.717, 1.165) is 24.7 Å². The van der Waals surface area contributed by atoms with E-state index in [1.165, 1.54) is 11.3 Å². The lowest BCUT2D eigenvalue weighted by molar-refractivity contribution is 0.657. The molecular formula is C14H17ClN2. The molecule has 0 spiro atoms. The lowest BCUT2D eigenvalue weighted by Crippen LogP contribution is -2.15. The Hall–Kier alpha value is -1.25. The Kier molecular flexibility index (Phi) is 4.24. The Labute approximate surface area is 107 Å². The molecule has 0 saturated carbocycles. The predicted molar refractivity (Wildman–Crippen MR) is 72.4 cm³/mol. The van der Waals surface area contributed by atoms with Crippen molar-refractivity contribution in [2.45, 2.75) is 20.0 Å². The molecule has 0 aliphatic heterocycles. The maximum absolute atomic E-state index is 5.99. The van der Waals surface area contributed by atoms with Gasteiger partial charge in [-0.05, 0) is 36.4 Å². The van der Waals surface area contributed by atoms with Gasteiger partial charge in [-0.15, -0.1) is 0 Å². The molecule has 2 aromatic rings. The first-order chi connectivity index (χ1) is 8.29. The van der Waals surface area contributed by atoms with Gasteiger partial charge in [-0.1, -0.05) is 30.7 Å². The first kappa shape index (κ1) is 12.2. The molecule has 0 saturated heterocycles. The van der Waals surface area contributed by atoms with Crippen molar-refractivity contribution in [3.63, 3.8) is 0 Å². The third-order valence-corrected chi connectivity index (χ3v) is 2.96. The number of nitrogens with zero attached hydrogens (tertiary/aromatic N) is 1. The highest BCUT2D eigenvalue weighted by Crippen LogP contribution is 2.13. The molecule has 17 heavy (non-hydrogen) atoms. The first-order valence-corrected chi connectivity index (χ1v) is 6.26. The van der Waals surface area contributed by atoms with Crippen LogP contribution in [0.5, 0.6) is 0 Å². The fourth-order valence-electron chi connectivity index (χ4n) is 1.85. The van der Waals surface area contributed by atoms with Crippen LogP contribution in [0.4, 0.5) is 0 Å². The van der Waals surface area contributed by atoms with Crippen LogP contribution in [0, 0.1) is 0 Å². The number of hydrogen-bond donors (Lipinski definition) is 1. The van der Waals surface area contributed by atoms with Gasteiger partial charge in [0.15, 0.2) is 0 Å². The molecule has 0 bridgehead atoms. The van der Waals surface area contributed by atoms with Crippen LogP contribution in [0.3, 0.4) is 0 Å². The largest absolute Gasteiger partial charge is 0.346 e. The minimum atomic E-state index is 0.794. The Balaban J connectivity index is 2.10. The van der Waals surface area contributed by atoms with E-state index in [9.17, 15) is 0 Å². The van der Waals surface area contributed by atoms with Crippen molar-refractivity contribution in [2.24, 2.45) is 0 Å². The molecule has 1 aromatic heterocycles. The summed E-state index contributed by atoms with van der Waals surface area (Å²) in [6.45, 7) is 4.88. The second-order valence-corrected chi connectivity index (χ2v) is 4.47. The minimum absolute atomic E-state index is 0.794. The monoisotopic (exact) mass is 248 g/mol. The van der Waals surface area contributed by atoms with Crippen molar-refractivity contribution < 1.29 is 0 Å². The van der Waals surface area contributed by atoms with Gasteiger partial charge in [0, 0.05) is 30.0 Å². The van der Waals surface area contributed by atoms with Gasteiger partial charge >= 0.3 is 0 Å². The fraction of sp³-hybridized carbons (Fsp3) is 0.286. The van der Waals surface area contributed by atoms with E-state index in [1.807, 2.05) is 18.2 Å². The Morgan fingerprint density at radius 1 is 1.24 bits per heavy atom. The Morgan fingerprint density at radius 3 is 2.88 bits per heavy atom. The first-order valence-electron chi connectivity index (χ1n) is 5.89. The molecule has 0 fully saturated rings. The highest BCUT2D eigenvalue weighted by Gasteiger charge is 2.01. The normalized spacial score (nSPS) is 10.7. The van der Waals surface area contributed by atoms with Crippen LogP contribution < -0.4 is 5.32 Å². The average molecular weight is 249 g/mol. The molecule has 2 nitrogen and oxygen atoms in total. The number of benzene rings is 1. The van der Waals surface area contributed by atoms with Crippen LogP contribution in [0.2, 0.25) is 5.02 Å². The highest BCUT2D eigenvalue weighted by atomic mass is 35.5. The van der Waals surface area contributed by atoms with Gasteiger partial charge in [0.2, 0.25) is 0 Å². The molecule has 2 rings (SSSR count). The van der Waals surface area contributed by atoms with Crippen LogP contribution in [0.15, 0.2) is 42.6 Å². The molecule has 0 atom stereocenters. The molecule has 0 aliphatic rings. The zero-order chi connectivity index (χ0) is 12.1. The van der Waals surface area contributed by atoms with Gasteiger partial charge in [0.05, 0.1) is 0 Å². The second kappa shape index (κ2) is 5.89. The maximum Gasteiger partial charge on any atom is 0.0473 e. The van der Waals surface area contributed by atoms with Crippen molar-refractivity contribution in [2.75, 3.05) is 6.54 Å². The van der Waals surface area contributed by atoms with Gasteiger partial charge in [-0.2, -0.15) is 0 Å². The summed E-state index contributed by atoms with van der Waals surface area (Å²) in [5.74, 6) is 0. The molecule has 3 heteroatoms. The van der Waals surface area contributed by atoms with Crippen LogP contribution in [0.1, 0.15) is 18.2 Å². The van der Waals surface area contributed by atoms with Crippen LogP contribution >= 0.6 is 11.6 Å². The molecule has 0 amide bonds. The third kappa shape index (κ3) is 3.35. The summed E-state index contributed by atoms with van der Waals surface area (Å²) < 4.78 is 2.24. The molecule has 1 N–H and O–H groups in total. The number of rotatable bonds is 5. The van der Waals surface area contributed by atoms with Crippen molar-refractivity contribution in [1.82, 2.24) is 9.88 Å². The molecular weight excluding hydrogens is 232 g/mol. The van der Waals surface area contributed by atoms with Gasteiger partial charge < -0.3 is 9.88 Å². The van der Waals surface area contributed by atoms with Crippen molar-refractivity contribution >= 4 is 11.6 Å². The number of halogens is 1. The lowest BCUT2D eigenvalue weighted by Gasteiger charge is -2.10. The van der Waals surface area contributed by atoms with Crippen LogP contribution in [-0.2, 0) is 13.1 Å². The summed E-state index contributed by atoms with van der Waals surface area (Å²) >= 11 is 5.99. The molecule has 1 heterocycles. The third-order valence-electron chi connectivity index (χ3n) is 2.72. The summed E-state index contributed by atoms with van der Waals surface area (Å²) in [6, 6.07) is 12.2. The van der Waals surface area contributed by atoms with E-state index in [2.05, 4.69) is 41.2 Å². The molecule has 0 aliphatic carbocycles. The Morgan fingerprint density at radius 2 is 2.12 bits per heavy atom. The highest BCUT2D eigenvalue weighted by molar-refractivity contribution is 6.30. The SMILES string of the molecule is CCNCc1cccn1Cc1cccc(Cl)c1. The smallest absolute Gasteiger partial charge is 0.0473 e. The van der Waals surface area contributed by atoms with E-state index in [0.29, 0.717) is 0 Å². The zero-order valence-electron chi connectivity index (χ0n) is 9.99. The number of hydrogen-bond acceptors (Lipinski definition) is 1. The van der Waals surface area contributed by atoms with E-state index < -0.39 is 0 Å². The van der Waals surface area contributed by atoms with E-state index in [4.69, 9.17) is 11.6 Å². The van der Waals surface area contributed by atoms with E-state index in [-0.39, 0.29) is 0 Å². The van der Waals surface area contributed by atoms with Gasteiger partial charge in [-0.25, -0.2) is 0 Å². The average Bonchev–Trinajstić information content (AvgIpc) is 2.74. The van der Waals surface area contributed by atoms with Crippen LogP contribution in [0.25, 0.3) is 0 Å².